The summed E-state index contributed by atoms with van der Waals surface area (Å²) in [7, 11) is 0. The van der Waals surface area contributed by atoms with Crippen molar-refractivity contribution in [1.82, 2.24) is 10.1 Å². The average Bonchev–Trinajstić information content (AvgIpc) is 3.10. The lowest BCUT2D eigenvalue weighted by Crippen LogP contribution is -2.14. The van der Waals surface area contributed by atoms with Crippen molar-refractivity contribution < 1.29 is 18.8 Å². The molecule has 1 aromatic heterocycles. The maximum atomic E-state index is 12.4. The molecular weight excluding hydrogens is 432 g/mol. The molecule has 0 radical (unpaired) electrons. The second-order valence-corrected chi connectivity index (χ2v) is 7.46. The minimum absolute atomic E-state index is 0.262. The molecule has 8 heteroatoms. The number of rotatable bonds is 7. The third kappa shape index (κ3) is 5.27. The van der Waals surface area contributed by atoms with Crippen LogP contribution in [0.1, 0.15) is 32.4 Å². The van der Waals surface area contributed by atoms with Crippen molar-refractivity contribution in [2.24, 2.45) is 0 Å². The zero-order valence-corrected chi connectivity index (χ0v) is 16.7. The largest absolute Gasteiger partial charge is 0.454 e. The Morgan fingerprint density at radius 2 is 1.89 bits per heavy atom. The molecule has 0 aliphatic heterocycles. The van der Waals surface area contributed by atoms with E-state index in [2.05, 4.69) is 26.1 Å². The monoisotopic (exact) mass is 446 g/mol. The summed E-state index contributed by atoms with van der Waals surface area (Å²) in [6, 6.07) is 13.9. The third-order valence-corrected chi connectivity index (χ3v) is 5.12. The number of benzene rings is 2. The molecule has 0 aliphatic rings. The number of hydrogen-bond acceptors (Lipinski definition) is 7. The molecular formula is C19H15BrN2O4S. The number of aryl methyl sites for hydroxylation is 1. The van der Waals surface area contributed by atoms with Crippen LogP contribution in [0.4, 0.5) is 0 Å². The van der Waals surface area contributed by atoms with Crippen LogP contribution in [0.15, 0.2) is 62.4 Å². The minimum atomic E-state index is -0.551. The second kappa shape index (κ2) is 8.96. The van der Waals surface area contributed by atoms with E-state index < -0.39 is 5.97 Å². The number of halogens is 1. The van der Waals surface area contributed by atoms with E-state index in [-0.39, 0.29) is 12.4 Å². The summed E-state index contributed by atoms with van der Waals surface area (Å²) < 4.78 is 11.2. The van der Waals surface area contributed by atoms with Gasteiger partial charge in [0.15, 0.2) is 18.2 Å². The van der Waals surface area contributed by atoms with Crippen LogP contribution in [-0.4, -0.2) is 28.5 Å². The highest BCUT2D eigenvalue weighted by Gasteiger charge is 2.16. The summed E-state index contributed by atoms with van der Waals surface area (Å²) in [5.41, 5.74) is 0.878. The van der Waals surface area contributed by atoms with E-state index in [1.54, 1.807) is 49.4 Å². The summed E-state index contributed by atoms with van der Waals surface area (Å²) in [6.07, 6.45) is 0. The lowest BCUT2D eigenvalue weighted by Gasteiger charge is -2.08. The van der Waals surface area contributed by atoms with Crippen molar-refractivity contribution in [3.05, 3.63) is 75.8 Å². The molecule has 0 N–H and O–H groups in total. The molecule has 0 atom stereocenters. The van der Waals surface area contributed by atoms with E-state index in [0.29, 0.717) is 28.6 Å². The molecule has 0 bridgehead atoms. The predicted octanol–water partition coefficient (Wildman–Crippen LogP) is 4.47. The molecule has 3 rings (SSSR count). The van der Waals surface area contributed by atoms with Gasteiger partial charge in [-0.2, -0.15) is 4.98 Å². The van der Waals surface area contributed by atoms with Crippen LogP contribution in [0.25, 0.3) is 0 Å². The number of carbonyl (C=O) groups is 2. The Labute approximate surface area is 168 Å². The van der Waals surface area contributed by atoms with E-state index >= 15 is 0 Å². The predicted molar refractivity (Wildman–Crippen MR) is 104 cm³/mol. The van der Waals surface area contributed by atoms with Gasteiger partial charge in [0.2, 0.25) is 5.89 Å². The van der Waals surface area contributed by atoms with E-state index in [1.165, 1.54) is 11.8 Å². The fourth-order valence-corrected chi connectivity index (χ4v) is 3.37. The Bertz CT molecular complexity index is 956. The smallest absolute Gasteiger partial charge is 0.339 e. The number of Topliss-reactive ketones (excluding diaryl/α,β-unsaturated/α-hetero) is 1. The zero-order chi connectivity index (χ0) is 19.2. The number of esters is 1. The van der Waals surface area contributed by atoms with Crippen LogP contribution in [0.2, 0.25) is 0 Å². The number of carbonyl (C=O) groups excluding carboxylic acids is 2. The molecule has 0 amide bonds. The van der Waals surface area contributed by atoms with Crippen LogP contribution in [0.5, 0.6) is 0 Å². The van der Waals surface area contributed by atoms with Crippen molar-refractivity contribution in [2.45, 2.75) is 17.6 Å². The molecule has 2 aromatic carbocycles. The summed E-state index contributed by atoms with van der Waals surface area (Å²) in [5.74, 6) is 0.659. The second-order valence-electron chi connectivity index (χ2n) is 5.53. The van der Waals surface area contributed by atoms with Gasteiger partial charge in [-0.05, 0) is 31.2 Å². The Morgan fingerprint density at radius 3 is 2.59 bits per heavy atom. The summed E-state index contributed by atoms with van der Waals surface area (Å²) in [5, 5.41) is 3.74. The first kappa shape index (κ1) is 19.3. The first-order valence-electron chi connectivity index (χ1n) is 8.00. The van der Waals surface area contributed by atoms with Gasteiger partial charge in [-0.15, -0.1) is 11.8 Å². The normalized spacial score (nSPS) is 10.6. The van der Waals surface area contributed by atoms with Crippen LogP contribution < -0.4 is 0 Å². The van der Waals surface area contributed by atoms with Gasteiger partial charge < -0.3 is 9.26 Å². The third-order valence-electron chi connectivity index (χ3n) is 3.53. The first-order chi connectivity index (χ1) is 13.0. The van der Waals surface area contributed by atoms with Crippen LogP contribution in [0, 0.1) is 6.92 Å². The van der Waals surface area contributed by atoms with Crippen molar-refractivity contribution in [1.29, 1.82) is 0 Å². The van der Waals surface area contributed by atoms with Gasteiger partial charge in [0.25, 0.3) is 0 Å². The highest BCUT2D eigenvalue weighted by atomic mass is 79.9. The Kier molecular flexibility index (Phi) is 6.41. The molecule has 3 aromatic rings. The fourth-order valence-electron chi connectivity index (χ4n) is 2.23. The van der Waals surface area contributed by atoms with Crippen LogP contribution >= 0.6 is 27.7 Å². The topological polar surface area (TPSA) is 82.3 Å². The maximum absolute atomic E-state index is 12.4. The molecule has 27 heavy (non-hydrogen) atoms. The van der Waals surface area contributed by atoms with Gasteiger partial charge in [-0.3, -0.25) is 4.79 Å². The Hall–Kier alpha value is -2.45. The van der Waals surface area contributed by atoms with E-state index in [0.717, 1.165) is 9.37 Å². The fraction of sp³-hybridized carbons (Fsp3) is 0.158. The van der Waals surface area contributed by atoms with Gasteiger partial charge in [-0.25, -0.2) is 4.79 Å². The van der Waals surface area contributed by atoms with E-state index in [9.17, 15) is 9.59 Å². The van der Waals surface area contributed by atoms with Crippen LogP contribution in [-0.2, 0) is 10.5 Å². The summed E-state index contributed by atoms with van der Waals surface area (Å²) >= 11 is 4.70. The molecule has 1 heterocycles. The molecule has 0 fully saturated rings. The number of aromatic nitrogens is 2. The molecule has 0 aliphatic carbocycles. The highest BCUT2D eigenvalue weighted by molar-refractivity contribution is 9.10. The molecule has 0 unspecified atom stereocenters. The number of ether oxygens (including phenoxy) is 1. The number of thioether (sulfide) groups is 1. The van der Waals surface area contributed by atoms with Gasteiger partial charge in [0, 0.05) is 14.9 Å². The quantitative estimate of drug-likeness (QED) is 0.300. The molecule has 0 spiro atoms. The van der Waals surface area contributed by atoms with E-state index in [4.69, 9.17) is 9.26 Å². The summed E-state index contributed by atoms with van der Waals surface area (Å²) in [4.78, 5) is 29.4. The van der Waals surface area contributed by atoms with Gasteiger partial charge in [0.05, 0.1) is 11.3 Å². The minimum Gasteiger partial charge on any atom is -0.454 e. The first-order valence-corrected chi connectivity index (χ1v) is 9.77. The zero-order valence-electron chi connectivity index (χ0n) is 14.3. The lowest BCUT2D eigenvalue weighted by molar-refractivity contribution is 0.0471. The van der Waals surface area contributed by atoms with Crippen LogP contribution in [0.3, 0.4) is 0 Å². The highest BCUT2D eigenvalue weighted by Crippen LogP contribution is 2.26. The van der Waals surface area contributed by atoms with E-state index in [1.807, 2.05) is 6.07 Å². The molecule has 0 saturated carbocycles. The standard InChI is InChI=1S/C19H15BrN2O4S/c1-12-21-18(26-22-12)11-27-17-5-3-2-4-15(17)19(24)25-10-16(23)13-6-8-14(20)9-7-13/h2-9H,10-11H2,1H3. The number of nitrogens with zero attached hydrogens (tertiary/aromatic N) is 2. The maximum Gasteiger partial charge on any atom is 0.339 e. The van der Waals surface area contributed by atoms with Crippen molar-refractivity contribution in [2.75, 3.05) is 6.61 Å². The molecule has 0 saturated heterocycles. The Morgan fingerprint density at radius 1 is 1.15 bits per heavy atom. The summed E-state index contributed by atoms with van der Waals surface area (Å²) in [6.45, 7) is 1.42. The lowest BCUT2D eigenvalue weighted by atomic mass is 10.1. The SMILES string of the molecule is Cc1noc(CSc2ccccc2C(=O)OCC(=O)c2ccc(Br)cc2)n1. The van der Waals surface area contributed by atoms with Crippen molar-refractivity contribution in [3.8, 4) is 0 Å². The number of ketones is 1. The van der Waals surface area contributed by atoms with Gasteiger partial charge in [-0.1, -0.05) is 45.4 Å². The van der Waals surface area contributed by atoms with Gasteiger partial charge in [0.1, 0.15) is 0 Å². The van der Waals surface area contributed by atoms with Gasteiger partial charge >= 0.3 is 5.97 Å². The van der Waals surface area contributed by atoms with Crippen molar-refractivity contribution in [3.63, 3.8) is 0 Å². The number of hydrogen-bond donors (Lipinski definition) is 0. The average molecular weight is 447 g/mol. The van der Waals surface area contributed by atoms with Crippen molar-refractivity contribution >= 4 is 39.4 Å². The molecule has 138 valence electrons. The molecule has 6 nitrogen and oxygen atoms in total. The Balaban J connectivity index is 1.62.